The predicted molar refractivity (Wildman–Crippen MR) is 262 cm³/mol. The lowest BCUT2D eigenvalue weighted by molar-refractivity contribution is -0.295. The SMILES string of the molecule is CC[C@H]1OC(=O)[C@H](C)C(=O)[C@H](C)[C@@H](O[C@@H]2O[C@H](C)C[C@H](N(C)C)[C@H]2O)[C@@](C)(OC)C[C@@H](C)C(=NOCCNCCCOCCCNCc2cccc(Oc3ccc(C)cc3)c2)[C@H](C)[C@@H](O)[C@]1(C)O. The van der Waals surface area contributed by atoms with E-state index in [1.807, 2.05) is 82.2 Å². The fourth-order valence-corrected chi connectivity index (χ4v) is 9.37. The minimum atomic E-state index is -1.92. The summed E-state index contributed by atoms with van der Waals surface area (Å²) >= 11 is 0. The minimum absolute atomic E-state index is 0.170. The number of carbonyl (C=O) groups excluding carboxylic acids is 2. The fraction of sp³-hybridized carbons (Fsp3) is 0.712. The molecule has 0 radical (unpaired) electrons. The van der Waals surface area contributed by atoms with Crippen molar-refractivity contribution in [2.24, 2.45) is 28.8 Å². The Morgan fingerprint density at radius 2 is 1.57 bits per heavy atom. The molecule has 2 fully saturated rings. The molecular formula is C52H84N4O12. The van der Waals surface area contributed by atoms with E-state index in [9.17, 15) is 24.9 Å². The van der Waals surface area contributed by atoms with E-state index in [1.54, 1.807) is 20.8 Å². The van der Waals surface area contributed by atoms with Gasteiger partial charge in [0.25, 0.3) is 0 Å². The first-order valence-electron chi connectivity index (χ1n) is 24.6. The molecule has 0 aromatic heterocycles. The van der Waals surface area contributed by atoms with E-state index < -0.39 is 77.3 Å². The lowest BCUT2D eigenvalue weighted by atomic mass is 9.74. The van der Waals surface area contributed by atoms with Crippen molar-refractivity contribution in [3.63, 3.8) is 0 Å². The maximum Gasteiger partial charge on any atom is 0.316 e. The Morgan fingerprint density at radius 3 is 2.22 bits per heavy atom. The predicted octanol–water partition coefficient (Wildman–Crippen LogP) is 5.80. The Morgan fingerprint density at radius 1 is 0.897 bits per heavy atom. The molecule has 0 aliphatic carbocycles. The van der Waals surface area contributed by atoms with Gasteiger partial charge in [-0.1, -0.05) is 62.7 Å². The highest BCUT2D eigenvalue weighted by molar-refractivity contribution is 6.00. The molecule has 4 rings (SSSR count). The van der Waals surface area contributed by atoms with E-state index in [2.05, 4.69) is 28.8 Å². The van der Waals surface area contributed by atoms with Crippen LogP contribution < -0.4 is 15.4 Å². The summed E-state index contributed by atoms with van der Waals surface area (Å²) in [6.07, 6.45) is -3.39. The molecule has 0 spiro atoms. The van der Waals surface area contributed by atoms with Crippen molar-refractivity contribution in [3.05, 3.63) is 59.7 Å². The quantitative estimate of drug-likeness (QED) is 0.0435. The Balaban J connectivity index is 1.34. The molecule has 384 valence electrons. The summed E-state index contributed by atoms with van der Waals surface area (Å²) in [6.45, 7) is 20.0. The van der Waals surface area contributed by atoms with Crippen LogP contribution in [0.2, 0.25) is 0 Å². The normalized spacial score (nSPS) is 32.8. The van der Waals surface area contributed by atoms with Crippen LogP contribution in [0.3, 0.4) is 0 Å². The van der Waals surface area contributed by atoms with Crippen molar-refractivity contribution in [1.82, 2.24) is 15.5 Å². The number of Topliss-reactive ketones (excluding diaryl/α,β-unsaturated/α-hetero) is 1. The van der Waals surface area contributed by atoms with Gasteiger partial charge in [-0.05, 0) is 124 Å². The number of likely N-dealkylation sites (N-methyl/N-ethyl adjacent to an activating group) is 1. The number of hydrogen-bond donors (Lipinski definition) is 5. The molecule has 68 heavy (non-hydrogen) atoms. The van der Waals surface area contributed by atoms with Crippen LogP contribution in [0.15, 0.2) is 53.7 Å². The number of rotatable bonds is 21. The Kier molecular flexibility index (Phi) is 22.8. The molecule has 16 nitrogen and oxygen atoms in total. The first kappa shape index (κ1) is 57.0. The average Bonchev–Trinajstić information content (AvgIpc) is 3.31. The second-order valence-electron chi connectivity index (χ2n) is 19.6. The van der Waals surface area contributed by atoms with Gasteiger partial charge >= 0.3 is 5.97 Å². The van der Waals surface area contributed by atoms with E-state index in [1.165, 1.54) is 26.5 Å². The number of nitrogens with zero attached hydrogens (tertiary/aromatic N) is 2. The molecule has 0 saturated carbocycles. The van der Waals surface area contributed by atoms with Gasteiger partial charge in [0.2, 0.25) is 0 Å². The number of oxime groups is 1. The van der Waals surface area contributed by atoms with Gasteiger partial charge in [-0.15, -0.1) is 0 Å². The van der Waals surface area contributed by atoms with Gasteiger partial charge in [0.1, 0.15) is 41.8 Å². The van der Waals surface area contributed by atoms with Crippen LogP contribution in [-0.4, -0.2) is 152 Å². The first-order valence-corrected chi connectivity index (χ1v) is 24.6. The van der Waals surface area contributed by atoms with Gasteiger partial charge in [0.15, 0.2) is 12.1 Å². The van der Waals surface area contributed by atoms with E-state index in [4.69, 9.17) is 33.3 Å². The number of esters is 1. The summed E-state index contributed by atoms with van der Waals surface area (Å²) in [5.41, 5.74) is -0.376. The molecule has 0 bridgehead atoms. The number of benzene rings is 2. The summed E-state index contributed by atoms with van der Waals surface area (Å²) < 4.78 is 36.8. The lowest BCUT2D eigenvalue weighted by Crippen LogP contribution is -2.60. The lowest BCUT2D eigenvalue weighted by Gasteiger charge is -2.47. The molecule has 16 heteroatoms. The Labute approximate surface area is 405 Å². The average molecular weight is 957 g/mol. The number of cyclic esters (lactones) is 1. The molecular weight excluding hydrogens is 873 g/mol. The number of ketones is 1. The third-order valence-corrected chi connectivity index (χ3v) is 13.7. The maximum absolute atomic E-state index is 14.2. The summed E-state index contributed by atoms with van der Waals surface area (Å²) in [5.74, 6) is -3.11. The van der Waals surface area contributed by atoms with Crippen molar-refractivity contribution in [2.75, 3.05) is 60.7 Å². The number of hydrogen-bond acceptors (Lipinski definition) is 16. The van der Waals surface area contributed by atoms with Crippen LogP contribution in [0, 0.1) is 30.6 Å². The molecule has 2 aliphatic rings. The third-order valence-electron chi connectivity index (χ3n) is 13.7. The molecule has 2 aliphatic heterocycles. The van der Waals surface area contributed by atoms with Gasteiger partial charge in [-0.2, -0.15) is 0 Å². The van der Waals surface area contributed by atoms with Crippen molar-refractivity contribution in [2.45, 2.75) is 155 Å². The second-order valence-corrected chi connectivity index (χ2v) is 19.6. The molecule has 0 amide bonds. The summed E-state index contributed by atoms with van der Waals surface area (Å²) in [7, 11) is 5.28. The van der Waals surface area contributed by atoms with E-state index in [0.717, 1.165) is 43.0 Å². The molecule has 13 atom stereocenters. The number of aliphatic hydroxyl groups excluding tert-OH is 2. The monoisotopic (exact) mass is 957 g/mol. The molecule has 2 heterocycles. The number of nitrogens with one attached hydrogen (secondary N) is 2. The number of methoxy groups -OCH3 is 1. The topological polar surface area (TPSA) is 199 Å². The number of aryl methyl sites for hydroxylation is 1. The highest BCUT2D eigenvalue weighted by Gasteiger charge is 2.51. The van der Waals surface area contributed by atoms with E-state index in [0.29, 0.717) is 38.4 Å². The van der Waals surface area contributed by atoms with Crippen LogP contribution in [0.1, 0.15) is 98.6 Å². The summed E-state index contributed by atoms with van der Waals surface area (Å²) in [4.78, 5) is 35.7. The first-order chi connectivity index (χ1) is 32.2. The zero-order chi connectivity index (χ0) is 50.2. The minimum Gasteiger partial charge on any atom is -0.459 e. The van der Waals surface area contributed by atoms with Gasteiger partial charge in [-0.25, -0.2) is 0 Å². The molecule has 2 aromatic carbocycles. The van der Waals surface area contributed by atoms with Gasteiger partial charge in [0, 0.05) is 57.2 Å². The number of ether oxygens (including phenoxy) is 6. The number of aliphatic hydroxyl groups is 3. The van der Waals surface area contributed by atoms with E-state index in [-0.39, 0.29) is 31.6 Å². The zero-order valence-electron chi connectivity index (χ0n) is 42.9. The van der Waals surface area contributed by atoms with Gasteiger partial charge in [0.05, 0.1) is 29.6 Å². The van der Waals surface area contributed by atoms with Crippen LogP contribution in [-0.2, 0) is 44.7 Å². The Bertz CT molecular complexity index is 1870. The van der Waals surface area contributed by atoms with Crippen LogP contribution in [0.4, 0.5) is 0 Å². The summed E-state index contributed by atoms with van der Waals surface area (Å²) in [6, 6.07) is 15.8. The van der Waals surface area contributed by atoms with Crippen LogP contribution in [0.25, 0.3) is 0 Å². The van der Waals surface area contributed by atoms with Crippen LogP contribution in [0.5, 0.6) is 11.5 Å². The molecule has 2 saturated heterocycles. The summed E-state index contributed by atoms with van der Waals surface area (Å²) in [5, 5.41) is 46.6. The molecule has 2 aromatic rings. The maximum atomic E-state index is 14.2. The zero-order valence-corrected chi connectivity index (χ0v) is 42.9. The van der Waals surface area contributed by atoms with Gasteiger partial charge in [-0.3, -0.25) is 9.59 Å². The van der Waals surface area contributed by atoms with Crippen molar-refractivity contribution >= 4 is 17.5 Å². The smallest absolute Gasteiger partial charge is 0.316 e. The Hall–Kier alpha value is -3.55. The van der Waals surface area contributed by atoms with Crippen LogP contribution >= 0.6 is 0 Å². The van der Waals surface area contributed by atoms with Gasteiger partial charge < -0.3 is 64.1 Å². The standard InChI is InChI=1S/C52H84N4O12/c1-13-43-52(9,61)47(59)36(5)44(55-64-28-25-53-23-15-26-63-27-16-24-54-32-39-17-14-18-41(30-39)66-40-21-19-33(2)20-22-40)34(3)31-51(8,62-12)48(37(6)45(57)38(7)49(60)67-43)68-50-46(58)42(56(10)11)29-35(4)65-50/h14,17-22,30,34-38,42-43,46-48,50,53-54,58-59,61H,13,15-16,23-29,31-32H2,1-12H3/t34-,35-,36+,37+,38-,42+,43-,46-,47-,48-,50+,51+,52-/m1/s1. The highest BCUT2D eigenvalue weighted by Crippen LogP contribution is 2.39. The largest absolute Gasteiger partial charge is 0.459 e. The second kappa shape index (κ2) is 27.2. The van der Waals surface area contributed by atoms with Crippen molar-refractivity contribution in [1.29, 1.82) is 0 Å². The number of carbonyl (C=O) groups is 2. The molecule has 5 N–H and O–H groups in total. The van der Waals surface area contributed by atoms with Crippen molar-refractivity contribution < 1.29 is 58.2 Å². The van der Waals surface area contributed by atoms with Crippen molar-refractivity contribution in [3.8, 4) is 11.5 Å². The fourth-order valence-electron chi connectivity index (χ4n) is 9.37. The molecule has 0 unspecified atom stereocenters. The van der Waals surface area contributed by atoms with E-state index >= 15 is 0 Å². The highest BCUT2D eigenvalue weighted by atomic mass is 16.7. The third kappa shape index (κ3) is 16.0.